The van der Waals surface area contributed by atoms with Gasteiger partial charge in [0.05, 0.1) is 6.42 Å². The van der Waals surface area contributed by atoms with E-state index >= 15 is 0 Å². The fraction of sp³-hybridized carbons (Fsp3) is 1.00. The van der Waals surface area contributed by atoms with Gasteiger partial charge in [0.15, 0.2) is 0 Å². The fourth-order valence-electron chi connectivity index (χ4n) is 0.799. The van der Waals surface area contributed by atoms with E-state index in [1.165, 1.54) is 0 Å². The Balaban J connectivity index is 4.69. The molecular formula is C7H8F8. The highest BCUT2D eigenvalue weighted by Gasteiger charge is 2.59. The summed E-state index contributed by atoms with van der Waals surface area (Å²) in [5.74, 6) is -9.13. The normalized spacial score (nSPS) is 16.6. The van der Waals surface area contributed by atoms with Crippen molar-refractivity contribution in [1.82, 2.24) is 0 Å². The van der Waals surface area contributed by atoms with Gasteiger partial charge in [0, 0.05) is 6.42 Å². The van der Waals surface area contributed by atoms with Gasteiger partial charge in [0.2, 0.25) is 0 Å². The summed E-state index contributed by atoms with van der Waals surface area (Å²) in [5, 5.41) is 0. The quantitative estimate of drug-likeness (QED) is 0.656. The summed E-state index contributed by atoms with van der Waals surface area (Å²) in [7, 11) is 0. The molecule has 0 aliphatic carbocycles. The van der Waals surface area contributed by atoms with E-state index in [1.54, 1.807) is 0 Å². The van der Waals surface area contributed by atoms with Gasteiger partial charge in [0.25, 0.3) is 18.0 Å². The Morgan fingerprint density at radius 2 is 1.33 bits per heavy atom. The van der Waals surface area contributed by atoms with Crippen LogP contribution in [0.15, 0.2) is 0 Å². The van der Waals surface area contributed by atoms with E-state index < -0.39 is 37.0 Å². The van der Waals surface area contributed by atoms with Crippen molar-refractivity contribution in [2.24, 2.45) is 0 Å². The molecule has 15 heavy (non-hydrogen) atoms. The molecule has 0 radical (unpaired) electrons. The summed E-state index contributed by atoms with van der Waals surface area (Å²) < 4.78 is 96.3. The van der Waals surface area contributed by atoms with Crippen LogP contribution in [-0.2, 0) is 0 Å². The molecule has 0 fully saturated rings. The lowest BCUT2D eigenvalue weighted by molar-refractivity contribution is -0.258. The average molecular weight is 244 g/mol. The van der Waals surface area contributed by atoms with E-state index in [1.807, 2.05) is 0 Å². The van der Waals surface area contributed by atoms with Crippen LogP contribution < -0.4 is 0 Å². The molecule has 8 heteroatoms. The van der Waals surface area contributed by atoms with Crippen molar-refractivity contribution >= 4 is 0 Å². The summed E-state index contributed by atoms with van der Waals surface area (Å²) in [6.07, 6.45) is -13.9. The molecule has 1 atom stereocenters. The second kappa shape index (κ2) is 4.13. The molecule has 0 rings (SSSR count). The Morgan fingerprint density at radius 1 is 0.933 bits per heavy atom. The zero-order valence-electron chi connectivity index (χ0n) is 7.52. The van der Waals surface area contributed by atoms with Crippen molar-refractivity contribution in [1.29, 1.82) is 0 Å². The molecule has 0 amide bonds. The average Bonchev–Trinajstić information content (AvgIpc) is 1.99. The van der Waals surface area contributed by atoms with Gasteiger partial charge < -0.3 is 0 Å². The number of alkyl halides is 8. The first-order valence-corrected chi connectivity index (χ1v) is 3.89. The van der Waals surface area contributed by atoms with Gasteiger partial charge in [-0.15, -0.1) is 0 Å². The van der Waals surface area contributed by atoms with Crippen LogP contribution in [0.1, 0.15) is 19.8 Å². The predicted octanol–water partition coefficient (Wildman–Crippen LogP) is 3.96. The minimum atomic E-state index is -5.84. The molecule has 0 aliphatic heterocycles. The zero-order chi connectivity index (χ0) is 12.5. The number of hydrogen-bond acceptors (Lipinski definition) is 0. The number of rotatable bonds is 4. The van der Waals surface area contributed by atoms with Crippen molar-refractivity contribution in [2.75, 3.05) is 0 Å². The fourth-order valence-corrected chi connectivity index (χ4v) is 0.799. The van der Waals surface area contributed by atoms with Crippen LogP contribution in [0.4, 0.5) is 35.1 Å². The maximum absolute atomic E-state index is 12.4. The summed E-state index contributed by atoms with van der Waals surface area (Å²) in [6.45, 7) is 0.816. The number of halogens is 8. The van der Waals surface area contributed by atoms with Gasteiger partial charge >= 0.3 is 6.18 Å². The molecule has 0 saturated carbocycles. The van der Waals surface area contributed by atoms with Gasteiger partial charge in [-0.3, -0.25) is 0 Å². The first-order valence-electron chi connectivity index (χ1n) is 3.89. The molecule has 0 nitrogen and oxygen atoms in total. The Morgan fingerprint density at radius 3 is 1.60 bits per heavy atom. The lowest BCUT2D eigenvalue weighted by Gasteiger charge is -2.26. The second-order valence-electron chi connectivity index (χ2n) is 3.05. The van der Waals surface area contributed by atoms with Gasteiger partial charge in [-0.25, -0.2) is 22.0 Å². The number of hydrogen-bond donors (Lipinski definition) is 0. The molecule has 0 bridgehead atoms. The third-order valence-corrected chi connectivity index (χ3v) is 1.67. The standard InChI is InChI=1S/C7H8F8/c1-2-5(9,10)3-6(11,12)4(8)7(13,14)15/h4H,2-3H2,1H3/t4-/m0/s1. The Labute approximate surface area is 80.3 Å². The lowest BCUT2D eigenvalue weighted by Crippen LogP contribution is -2.45. The topological polar surface area (TPSA) is 0 Å². The van der Waals surface area contributed by atoms with Crippen LogP contribution in [0.3, 0.4) is 0 Å². The molecule has 92 valence electrons. The van der Waals surface area contributed by atoms with E-state index in [0.29, 0.717) is 0 Å². The molecule has 0 aromatic heterocycles. The molecule has 0 aliphatic rings. The van der Waals surface area contributed by atoms with Crippen LogP contribution in [0, 0.1) is 0 Å². The van der Waals surface area contributed by atoms with Crippen molar-refractivity contribution in [3.63, 3.8) is 0 Å². The smallest absolute Gasteiger partial charge is 0.231 e. The Kier molecular flexibility index (Phi) is 3.98. The third-order valence-electron chi connectivity index (χ3n) is 1.67. The minimum Gasteiger partial charge on any atom is -0.231 e. The van der Waals surface area contributed by atoms with Crippen LogP contribution in [0.2, 0.25) is 0 Å². The van der Waals surface area contributed by atoms with Crippen molar-refractivity contribution in [3.05, 3.63) is 0 Å². The van der Waals surface area contributed by atoms with Gasteiger partial charge in [-0.1, -0.05) is 6.92 Å². The second-order valence-corrected chi connectivity index (χ2v) is 3.05. The predicted molar refractivity (Wildman–Crippen MR) is 35.8 cm³/mol. The first-order chi connectivity index (χ1) is 6.42. The monoisotopic (exact) mass is 244 g/mol. The molecule has 0 N–H and O–H groups in total. The van der Waals surface area contributed by atoms with E-state index in [9.17, 15) is 35.1 Å². The van der Waals surface area contributed by atoms with Gasteiger partial charge in [-0.2, -0.15) is 13.2 Å². The third kappa shape index (κ3) is 4.21. The first kappa shape index (κ1) is 14.4. The molecule has 0 heterocycles. The van der Waals surface area contributed by atoms with E-state index in [2.05, 4.69) is 0 Å². The van der Waals surface area contributed by atoms with Crippen LogP contribution in [0.25, 0.3) is 0 Å². The minimum absolute atomic E-state index is 0.816. The van der Waals surface area contributed by atoms with Crippen LogP contribution in [-0.4, -0.2) is 24.2 Å². The molecule has 0 aromatic carbocycles. The Hall–Kier alpha value is -0.560. The van der Waals surface area contributed by atoms with E-state index in [-0.39, 0.29) is 0 Å². The molecular weight excluding hydrogens is 236 g/mol. The van der Waals surface area contributed by atoms with Crippen LogP contribution >= 0.6 is 0 Å². The maximum Gasteiger partial charge on any atom is 0.425 e. The van der Waals surface area contributed by atoms with Crippen molar-refractivity contribution in [2.45, 2.75) is 44.0 Å². The Bertz CT molecular complexity index is 206. The molecule has 0 spiro atoms. The zero-order valence-corrected chi connectivity index (χ0v) is 7.52. The highest BCUT2D eigenvalue weighted by Crippen LogP contribution is 2.41. The summed E-state index contributed by atoms with van der Waals surface area (Å²) in [5.41, 5.74) is 0. The van der Waals surface area contributed by atoms with Crippen molar-refractivity contribution < 1.29 is 35.1 Å². The summed E-state index contributed by atoms with van der Waals surface area (Å²) in [4.78, 5) is 0. The maximum atomic E-state index is 12.4. The van der Waals surface area contributed by atoms with Gasteiger partial charge in [0.1, 0.15) is 0 Å². The molecule has 0 unspecified atom stereocenters. The molecule has 0 aromatic rings. The SMILES string of the molecule is CCC(F)(F)CC(F)(F)[C@H](F)C(F)(F)F. The highest BCUT2D eigenvalue weighted by atomic mass is 19.4. The summed E-state index contributed by atoms with van der Waals surface area (Å²) in [6, 6.07) is 0. The highest BCUT2D eigenvalue weighted by molar-refractivity contribution is 4.87. The largest absolute Gasteiger partial charge is 0.425 e. The van der Waals surface area contributed by atoms with E-state index in [0.717, 1.165) is 6.92 Å². The van der Waals surface area contributed by atoms with Gasteiger partial charge in [-0.05, 0) is 0 Å². The molecule has 0 saturated heterocycles. The van der Waals surface area contributed by atoms with Crippen molar-refractivity contribution in [3.8, 4) is 0 Å². The summed E-state index contributed by atoms with van der Waals surface area (Å²) >= 11 is 0. The van der Waals surface area contributed by atoms with Crippen LogP contribution in [0.5, 0.6) is 0 Å². The van der Waals surface area contributed by atoms with E-state index in [4.69, 9.17) is 0 Å². The lowest BCUT2D eigenvalue weighted by atomic mass is 10.0.